The SMILES string of the molecule is Cc1ncccc1NCc1ccc(N(C)C)cc1. The molecule has 1 N–H and O–H groups in total. The van der Waals surface area contributed by atoms with Crippen LogP contribution in [0.5, 0.6) is 0 Å². The number of nitrogens with one attached hydrogen (secondary N) is 1. The number of pyridine rings is 1. The van der Waals surface area contributed by atoms with Gasteiger partial charge >= 0.3 is 0 Å². The zero-order valence-corrected chi connectivity index (χ0v) is 11.1. The van der Waals surface area contributed by atoms with Gasteiger partial charge < -0.3 is 10.2 Å². The van der Waals surface area contributed by atoms with E-state index in [1.54, 1.807) is 0 Å². The van der Waals surface area contributed by atoms with E-state index in [2.05, 4.69) is 45.5 Å². The number of aromatic nitrogens is 1. The summed E-state index contributed by atoms with van der Waals surface area (Å²) in [6, 6.07) is 12.6. The second kappa shape index (κ2) is 5.54. The van der Waals surface area contributed by atoms with Gasteiger partial charge in [-0.05, 0) is 36.8 Å². The molecule has 0 fully saturated rings. The van der Waals surface area contributed by atoms with E-state index in [1.807, 2.05) is 33.3 Å². The summed E-state index contributed by atoms with van der Waals surface area (Å²) < 4.78 is 0. The molecule has 0 bridgehead atoms. The molecule has 3 nitrogen and oxygen atoms in total. The van der Waals surface area contributed by atoms with Gasteiger partial charge in [0.15, 0.2) is 0 Å². The van der Waals surface area contributed by atoms with Gasteiger partial charge in [-0.2, -0.15) is 0 Å². The molecule has 18 heavy (non-hydrogen) atoms. The Morgan fingerprint density at radius 2 is 1.83 bits per heavy atom. The maximum Gasteiger partial charge on any atom is 0.0603 e. The smallest absolute Gasteiger partial charge is 0.0603 e. The first-order valence-electron chi connectivity index (χ1n) is 6.08. The second-order valence-corrected chi connectivity index (χ2v) is 4.55. The fourth-order valence-electron chi connectivity index (χ4n) is 1.78. The molecule has 0 atom stereocenters. The summed E-state index contributed by atoms with van der Waals surface area (Å²) in [6.45, 7) is 2.83. The van der Waals surface area contributed by atoms with E-state index in [4.69, 9.17) is 0 Å². The number of rotatable bonds is 4. The molecule has 0 spiro atoms. The van der Waals surface area contributed by atoms with Crippen molar-refractivity contribution in [2.24, 2.45) is 0 Å². The first kappa shape index (κ1) is 12.4. The van der Waals surface area contributed by atoms with Crippen LogP contribution in [0.3, 0.4) is 0 Å². The highest BCUT2D eigenvalue weighted by Crippen LogP contribution is 2.15. The highest BCUT2D eigenvalue weighted by Gasteiger charge is 1.99. The molecule has 0 aliphatic rings. The molecule has 0 aliphatic carbocycles. The van der Waals surface area contributed by atoms with E-state index < -0.39 is 0 Å². The van der Waals surface area contributed by atoms with Crippen molar-refractivity contribution >= 4 is 11.4 Å². The predicted octanol–water partition coefficient (Wildman–Crippen LogP) is 3.07. The van der Waals surface area contributed by atoms with Crippen LogP contribution >= 0.6 is 0 Å². The van der Waals surface area contributed by atoms with Crippen molar-refractivity contribution in [2.75, 3.05) is 24.3 Å². The highest BCUT2D eigenvalue weighted by molar-refractivity contribution is 5.49. The van der Waals surface area contributed by atoms with Crippen LogP contribution in [0.25, 0.3) is 0 Å². The lowest BCUT2D eigenvalue weighted by Gasteiger charge is -2.13. The Bertz CT molecular complexity index is 503. The largest absolute Gasteiger partial charge is 0.380 e. The summed E-state index contributed by atoms with van der Waals surface area (Å²) in [6.07, 6.45) is 1.81. The van der Waals surface area contributed by atoms with Crippen molar-refractivity contribution < 1.29 is 0 Å². The molecular weight excluding hydrogens is 222 g/mol. The van der Waals surface area contributed by atoms with Gasteiger partial charge in [-0.3, -0.25) is 4.98 Å². The van der Waals surface area contributed by atoms with E-state index in [-0.39, 0.29) is 0 Å². The lowest BCUT2D eigenvalue weighted by Crippen LogP contribution is -2.08. The van der Waals surface area contributed by atoms with Gasteiger partial charge in [-0.1, -0.05) is 12.1 Å². The van der Waals surface area contributed by atoms with Gasteiger partial charge in [0.25, 0.3) is 0 Å². The zero-order valence-electron chi connectivity index (χ0n) is 11.1. The molecule has 0 saturated heterocycles. The van der Waals surface area contributed by atoms with E-state index in [0.717, 1.165) is 17.9 Å². The summed E-state index contributed by atoms with van der Waals surface area (Å²) in [5.74, 6) is 0. The molecule has 0 amide bonds. The Morgan fingerprint density at radius 3 is 2.44 bits per heavy atom. The van der Waals surface area contributed by atoms with Gasteiger partial charge in [0.05, 0.1) is 11.4 Å². The molecule has 3 heteroatoms. The third-order valence-corrected chi connectivity index (χ3v) is 2.94. The number of aryl methyl sites for hydroxylation is 1. The number of anilines is 2. The van der Waals surface area contributed by atoms with E-state index in [0.29, 0.717) is 0 Å². The first-order chi connectivity index (χ1) is 8.66. The Balaban J connectivity index is 2.00. The van der Waals surface area contributed by atoms with Crippen molar-refractivity contribution in [3.63, 3.8) is 0 Å². The highest BCUT2D eigenvalue weighted by atomic mass is 15.1. The van der Waals surface area contributed by atoms with Crippen molar-refractivity contribution in [1.82, 2.24) is 4.98 Å². The van der Waals surface area contributed by atoms with Crippen LogP contribution in [0.15, 0.2) is 42.6 Å². The van der Waals surface area contributed by atoms with Crippen LogP contribution in [0, 0.1) is 6.92 Å². The predicted molar refractivity (Wildman–Crippen MR) is 77.1 cm³/mol. The van der Waals surface area contributed by atoms with Gasteiger partial charge in [0.2, 0.25) is 0 Å². The fraction of sp³-hybridized carbons (Fsp3) is 0.267. The van der Waals surface area contributed by atoms with Crippen molar-refractivity contribution in [3.05, 3.63) is 53.9 Å². The molecule has 0 aliphatic heterocycles. The zero-order chi connectivity index (χ0) is 13.0. The third kappa shape index (κ3) is 3.00. The minimum Gasteiger partial charge on any atom is -0.380 e. The normalized spacial score (nSPS) is 10.2. The molecule has 0 saturated carbocycles. The Kier molecular flexibility index (Phi) is 3.82. The van der Waals surface area contributed by atoms with Gasteiger partial charge in [0, 0.05) is 32.5 Å². The first-order valence-corrected chi connectivity index (χ1v) is 6.08. The quantitative estimate of drug-likeness (QED) is 0.891. The van der Waals surface area contributed by atoms with Crippen LogP contribution in [0.4, 0.5) is 11.4 Å². The molecule has 0 radical (unpaired) electrons. The summed E-state index contributed by atoms with van der Waals surface area (Å²) in [7, 11) is 4.10. The Labute approximate surface area is 108 Å². The van der Waals surface area contributed by atoms with Gasteiger partial charge in [-0.25, -0.2) is 0 Å². The summed E-state index contributed by atoms with van der Waals surface area (Å²) >= 11 is 0. The summed E-state index contributed by atoms with van der Waals surface area (Å²) in [5.41, 5.74) is 4.61. The standard InChI is InChI=1S/C15H19N3/c1-12-15(5-4-10-16-12)17-11-13-6-8-14(9-7-13)18(2)3/h4-10,17H,11H2,1-3H3. The molecule has 2 rings (SSSR count). The van der Waals surface area contributed by atoms with Crippen LogP contribution in [-0.2, 0) is 6.54 Å². The summed E-state index contributed by atoms with van der Waals surface area (Å²) in [4.78, 5) is 6.36. The average Bonchev–Trinajstić information content (AvgIpc) is 2.38. The average molecular weight is 241 g/mol. The van der Waals surface area contributed by atoms with Crippen LogP contribution in [0.2, 0.25) is 0 Å². The minimum absolute atomic E-state index is 0.820. The Hall–Kier alpha value is -2.03. The van der Waals surface area contributed by atoms with Crippen LogP contribution < -0.4 is 10.2 Å². The molecule has 1 aromatic carbocycles. The minimum atomic E-state index is 0.820. The topological polar surface area (TPSA) is 28.2 Å². The monoisotopic (exact) mass is 241 g/mol. The second-order valence-electron chi connectivity index (χ2n) is 4.55. The summed E-state index contributed by atoms with van der Waals surface area (Å²) in [5, 5.41) is 3.40. The molecule has 1 aromatic heterocycles. The number of nitrogens with zero attached hydrogens (tertiary/aromatic N) is 2. The van der Waals surface area contributed by atoms with E-state index in [9.17, 15) is 0 Å². The molecular formula is C15H19N3. The van der Waals surface area contributed by atoms with Gasteiger partial charge in [-0.15, -0.1) is 0 Å². The van der Waals surface area contributed by atoms with Crippen molar-refractivity contribution in [1.29, 1.82) is 0 Å². The molecule has 2 aromatic rings. The lowest BCUT2D eigenvalue weighted by molar-refractivity contribution is 1.09. The molecule has 0 unspecified atom stereocenters. The Morgan fingerprint density at radius 1 is 1.11 bits per heavy atom. The van der Waals surface area contributed by atoms with E-state index in [1.165, 1.54) is 11.3 Å². The molecule has 1 heterocycles. The van der Waals surface area contributed by atoms with E-state index >= 15 is 0 Å². The number of hydrogen-bond donors (Lipinski definition) is 1. The van der Waals surface area contributed by atoms with Crippen LogP contribution in [0.1, 0.15) is 11.3 Å². The fourth-order valence-corrected chi connectivity index (χ4v) is 1.78. The van der Waals surface area contributed by atoms with Crippen molar-refractivity contribution in [2.45, 2.75) is 13.5 Å². The number of benzene rings is 1. The maximum atomic E-state index is 4.26. The van der Waals surface area contributed by atoms with Crippen LogP contribution in [-0.4, -0.2) is 19.1 Å². The maximum absolute atomic E-state index is 4.26. The van der Waals surface area contributed by atoms with Gasteiger partial charge in [0.1, 0.15) is 0 Å². The van der Waals surface area contributed by atoms with Crippen molar-refractivity contribution in [3.8, 4) is 0 Å². The lowest BCUT2D eigenvalue weighted by atomic mass is 10.2. The third-order valence-electron chi connectivity index (χ3n) is 2.94. The number of hydrogen-bond acceptors (Lipinski definition) is 3. The molecule has 94 valence electrons.